The maximum Gasteiger partial charge on any atom is 0.423 e. The summed E-state index contributed by atoms with van der Waals surface area (Å²) < 4.78 is 32.2. The Morgan fingerprint density at radius 3 is 2.42 bits per heavy atom. The van der Waals surface area contributed by atoms with Crippen molar-refractivity contribution in [3.63, 3.8) is 0 Å². The Morgan fingerprint density at radius 2 is 1.84 bits per heavy atom. The Morgan fingerprint density at radius 1 is 1.21 bits per heavy atom. The molecule has 0 unspecified atom stereocenters. The van der Waals surface area contributed by atoms with Crippen LogP contribution in [0.1, 0.15) is 5.56 Å². The van der Waals surface area contributed by atoms with E-state index in [1.165, 1.54) is 4.72 Å². The molecule has 104 valence electrons. The Hall–Kier alpha value is -2.13. The Bertz CT molecular complexity index is 542. The molecule has 0 aliphatic carbocycles. The molecule has 1 aromatic carbocycles. The van der Waals surface area contributed by atoms with Crippen LogP contribution in [0.25, 0.3) is 0 Å². The van der Waals surface area contributed by atoms with Crippen molar-refractivity contribution < 1.29 is 26.9 Å². The fourth-order valence-corrected chi connectivity index (χ4v) is 1.65. The van der Waals surface area contributed by atoms with Gasteiger partial charge < -0.3 is 14.7 Å². The quantitative estimate of drug-likeness (QED) is 0.759. The lowest BCUT2D eigenvalue weighted by molar-refractivity contribution is -0.132. The fourth-order valence-electron chi connectivity index (χ4n) is 1.03. The van der Waals surface area contributed by atoms with Gasteiger partial charge in [0.15, 0.2) is 0 Å². The van der Waals surface area contributed by atoms with Crippen molar-refractivity contribution in [1.29, 1.82) is 0 Å². The number of carbonyl (C=O) groups excluding carboxylic acids is 2. The number of hydrogen-bond donors (Lipinski definition) is 2. The predicted molar refractivity (Wildman–Crippen MR) is 63.8 cm³/mol. The standard InChI is InChI=1S/C10H12N2O6S/c11-6-9(13)18-19(15,16)12-10(14)17-7-8-4-2-1-3-5-8/h1-5H,6-7,11H2,(H,12,14). The summed E-state index contributed by atoms with van der Waals surface area (Å²) in [6.45, 7) is -0.743. The normalized spacial score (nSPS) is 10.6. The molecule has 0 atom stereocenters. The zero-order valence-electron chi connectivity index (χ0n) is 9.74. The van der Waals surface area contributed by atoms with Crippen LogP contribution in [-0.2, 0) is 30.6 Å². The van der Waals surface area contributed by atoms with Crippen LogP contribution >= 0.6 is 0 Å². The minimum atomic E-state index is -4.55. The van der Waals surface area contributed by atoms with E-state index in [1.54, 1.807) is 30.3 Å². The van der Waals surface area contributed by atoms with Crippen LogP contribution in [0.4, 0.5) is 4.79 Å². The molecule has 19 heavy (non-hydrogen) atoms. The average molecular weight is 288 g/mol. The highest BCUT2D eigenvalue weighted by molar-refractivity contribution is 7.85. The van der Waals surface area contributed by atoms with E-state index in [-0.39, 0.29) is 6.61 Å². The molecule has 1 rings (SSSR count). The van der Waals surface area contributed by atoms with Crippen LogP contribution in [0, 0.1) is 0 Å². The van der Waals surface area contributed by atoms with Gasteiger partial charge in [-0.2, -0.15) is 13.1 Å². The van der Waals surface area contributed by atoms with Crippen LogP contribution in [0.15, 0.2) is 30.3 Å². The molecule has 9 heteroatoms. The summed E-state index contributed by atoms with van der Waals surface area (Å²) in [6.07, 6.45) is -1.26. The molecule has 0 bridgehead atoms. The van der Waals surface area contributed by atoms with Crippen molar-refractivity contribution in [2.75, 3.05) is 6.54 Å². The van der Waals surface area contributed by atoms with Crippen LogP contribution in [-0.4, -0.2) is 27.0 Å². The average Bonchev–Trinajstić information content (AvgIpc) is 2.36. The van der Waals surface area contributed by atoms with Gasteiger partial charge in [-0.3, -0.25) is 0 Å². The number of nitrogens with two attached hydrogens (primary N) is 1. The summed E-state index contributed by atoms with van der Waals surface area (Å²) in [7, 11) is -4.55. The number of ether oxygens (including phenoxy) is 1. The van der Waals surface area contributed by atoms with Gasteiger partial charge in [0.1, 0.15) is 6.61 Å². The Labute approximate surface area is 109 Å². The predicted octanol–water partition coefficient (Wildman–Crippen LogP) is -0.340. The van der Waals surface area contributed by atoms with Crippen LogP contribution in [0.2, 0.25) is 0 Å². The van der Waals surface area contributed by atoms with Crippen molar-refractivity contribution >= 4 is 22.4 Å². The lowest BCUT2D eigenvalue weighted by atomic mass is 10.2. The third-order valence-corrected chi connectivity index (χ3v) is 2.61. The molecule has 8 nitrogen and oxygen atoms in total. The molecule has 0 aromatic heterocycles. The minimum Gasteiger partial charge on any atom is -0.444 e. The number of nitrogens with one attached hydrogen (secondary N) is 1. The van der Waals surface area contributed by atoms with Gasteiger partial charge in [-0.05, 0) is 5.56 Å². The van der Waals surface area contributed by atoms with Crippen molar-refractivity contribution in [3.8, 4) is 0 Å². The molecule has 0 saturated carbocycles. The van der Waals surface area contributed by atoms with Crippen molar-refractivity contribution in [2.45, 2.75) is 6.61 Å². The SMILES string of the molecule is NCC(=O)OS(=O)(=O)NC(=O)OCc1ccccc1. The van der Waals surface area contributed by atoms with Crippen molar-refractivity contribution in [2.24, 2.45) is 5.73 Å². The van der Waals surface area contributed by atoms with Gasteiger partial charge in [-0.15, -0.1) is 0 Å². The number of hydrogen-bond acceptors (Lipinski definition) is 7. The Kier molecular flexibility index (Phi) is 5.27. The second kappa shape index (κ2) is 6.71. The summed E-state index contributed by atoms with van der Waals surface area (Å²) in [5, 5.41) is 0. The highest BCUT2D eigenvalue weighted by atomic mass is 32.2. The molecule has 0 aliphatic heterocycles. The van der Waals surface area contributed by atoms with E-state index in [0.717, 1.165) is 0 Å². The summed E-state index contributed by atoms with van der Waals surface area (Å²) in [4.78, 5) is 21.8. The second-order valence-corrected chi connectivity index (χ2v) is 4.56. The monoisotopic (exact) mass is 288 g/mol. The van der Waals surface area contributed by atoms with Gasteiger partial charge in [0.05, 0.1) is 6.54 Å². The summed E-state index contributed by atoms with van der Waals surface area (Å²) >= 11 is 0. The first kappa shape index (κ1) is 14.9. The van der Waals surface area contributed by atoms with E-state index >= 15 is 0 Å². The zero-order chi connectivity index (χ0) is 14.3. The smallest absolute Gasteiger partial charge is 0.423 e. The molecule has 0 saturated heterocycles. The van der Waals surface area contributed by atoms with Crippen molar-refractivity contribution in [3.05, 3.63) is 35.9 Å². The molecular formula is C10H12N2O6S. The molecule has 0 spiro atoms. The van der Waals surface area contributed by atoms with E-state index in [0.29, 0.717) is 5.56 Å². The lowest BCUT2D eigenvalue weighted by Crippen LogP contribution is -2.35. The van der Waals surface area contributed by atoms with Crippen LogP contribution < -0.4 is 10.5 Å². The molecule has 0 heterocycles. The van der Waals surface area contributed by atoms with Gasteiger partial charge in [0, 0.05) is 0 Å². The van der Waals surface area contributed by atoms with E-state index in [2.05, 4.69) is 8.92 Å². The first-order chi connectivity index (χ1) is 8.93. The van der Waals surface area contributed by atoms with Crippen LogP contribution in [0.5, 0.6) is 0 Å². The van der Waals surface area contributed by atoms with Gasteiger partial charge in [-0.1, -0.05) is 30.3 Å². The van der Waals surface area contributed by atoms with Gasteiger partial charge in [0.25, 0.3) is 0 Å². The third kappa shape index (κ3) is 5.84. The highest BCUT2D eigenvalue weighted by Crippen LogP contribution is 2.01. The molecule has 1 aromatic rings. The largest absolute Gasteiger partial charge is 0.444 e. The number of rotatable bonds is 5. The first-order valence-electron chi connectivity index (χ1n) is 5.09. The van der Waals surface area contributed by atoms with E-state index in [9.17, 15) is 18.0 Å². The molecule has 0 radical (unpaired) electrons. The topological polar surface area (TPSA) is 125 Å². The molecular weight excluding hydrogens is 276 g/mol. The lowest BCUT2D eigenvalue weighted by Gasteiger charge is -2.07. The zero-order valence-corrected chi connectivity index (χ0v) is 10.6. The molecule has 0 aliphatic rings. The Balaban J connectivity index is 2.45. The van der Waals surface area contributed by atoms with E-state index in [1.807, 2.05) is 0 Å². The number of amides is 1. The van der Waals surface area contributed by atoms with Gasteiger partial charge in [-0.25, -0.2) is 9.59 Å². The summed E-state index contributed by atoms with van der Waals surface area (Å²) in [5.74, 6) is -1.19. The maximum atomic E-state index is 11.2. The van der Waals surface area contributed by atoms with Crippen LogP contribution in [0.3, 0.4) is 0 Å². The first-order valence-corrected chi connectivity index (χ1v) is 6.49. The molecule has 3 N–H and O–H groups in total. The van der Waals surface area contributed by atoms with Crippen molar-refractivity contribution in [1.82, 2.24) is 4.72 Å². The third-order valence-electron chi connectivity index (χ3n) is 1.79. The second-order valence-electron chi connectivity index (χ2n) is 3.28. The number of benzene rings is 1. The molecule has 1 amide bonds. The summed E-state index contributed by atoms with van der Waals surface area (Å²) in [6, 6.07) is 8.62. The highest BCUT2D eigenvalue weighted by Gasteiger charge is 2.20. The van der Waals surface area contributed by atoms with Gasteiger partial charge in [0.2, 0.25) is 0 Å². The minimum absolute atomic E-state index is 0.118. The molecule has 0 fully saturated rings. The van der Waals surface area contributed by atoms with Gasteiger partial charge >= 0.3 is 22.4 Å². The summed E-state index contributed by atoms with van der Waals surface area (Å²) in [5.41, 5.74) is 5.54. The van der Waals surface area contributed by atoms with E-state index < -0.39 is 28.9 Å². The maximum absolute atomic E-state index is 11.2. The van der Waals surface area contributed by atoms with E-state index in [4.69, 9.17) is 5.73 Å². The number of carbonyl (C=O) groups is 2. The fraction of sp³-hybridized carbons (Fsp3) is 0.200.